The largest absolute Gasteiger partial charge is 0.401 e. The molecule has 0 aliphatic carbocycles. The molecule has 0 bridgehead atoms. The van der Waals surface area contributed by atoms with Crippen LogP contribution in [0.25, 0.3) is 0 Å². The minimum Gasteiger partial charge on any atom is -0.295 e. The van der Waals surface area contributed by atoms with Crippen LogP contribution in [0.5, 0.6) is 0 Å². The van der Waals surface area contributed by atoms with Crippen LogP contribution in [0, 0.1) is 5.92 Å². The highest BCUT2D eigenvalue weighted by molar-refractivity contribution is 5.20. The highest BCUT2D eigenvalue weighted by Crippen LogP contribution is 2.29. The van der Waals surface area contributed by atoms with E-state index in [0.29, 0.717) is 25.6 Å². The Bertz CT molecular complexity index is 526. The predicted octanol–water partition coefficient (Wildman–Crippen LogP) is 4.19. The SMILES string of the molecule is CC(C)c1cc(C(C)(C)C)n(CC2CCN(CC(F)(F)F)C2)n1. The molecule has 1 aromatic heterocycles. The molecule has 132 valence electrons. The molecule has 0 aromatic carbocycles. The summed E-state index contributed by atoms with van der Waals surface area (Å²) in [6.45, 7) is 11.6. The van der Waals surface area contributed by atoms with Crippen LogP contribution in [0.15, 0.2) is 6.07 Å². The Balaban J connectivity index is 2.08. The smallest absolute Gasteiger partial charge is 0.295 e. The monoisotopic (exact) mass is 331 g/mol. The van der Waals surface area contributed by atoms with Crippen molar-refractivity contribution >= 4 is 0 Å². The molecule has 1 saturated heterocycles. The van der Waals surface area contributed by atoms with Gasteiger partial charge in [-0.15, -0.1) is 0 Å². The first-order valence-corrected chi connectivity index (χ1v) is 8.33. The van der Waals surface area contributed by atoms with E-state index in [1.165, 1.54) is 4.90 Å². The average Bonchev–Trinajstić information content (AvgIpc) is 2.94. The summed E-state index contributed by atoms with van der Waals surface area (Å²) in [6, 6.07) is 2.15. The standard InChI is InChI=1S/C17H28F3N3/c1-12(2)14-8-15(16(3,4)5)23(21-14)10-13-6-7-22(9-13)11-17(18,19)20/h8,12-13H,6-7,9-11H2,1-5H3. The molecule has 23 heavy (non-hydrogen) atoms. The normalized spacial score (nSPS) is 20.7. The molecule has 3 nitrogen and oxygen atoms in total. The molecule has 1 aliphatic rings. The Labute approximate surface area is 136 Å². The van der Waals surface area contributed by atoms with Gasteiger partial charge in [0.2, 0.25) is 0 Å². The molecule has 0 amide bonds. The second-order valence-corrected chi connectivity index (χ2v) is 8.05. The van der Waals surface area contributed by atoms with Crippen molar-refractivity contribution in [3.05, 3.63) is 17.5 Å². The van der Waals surface area contributed by atoms with Gasteiger partial charge in [0.25, 0.3) is 0 Å². The number of likely N-dealkylation sites (tertiary alicyclic amines) is 1. The summed E-state index contributed by atoms with van der Waals surface area (Å²) in [4.78, 5) is 1.51. The van der Waals surface area contributed by atoms with Crippen molar-refractivity contribution in [1.29, 1.82) is 0 Å². The van der Waals surface area contributed by atoms with Crippen molar-refractivity contribution in [2.24, 2.45) is 5.92 Å². The second-order valence-electron chi connectivity index (χ2n) is 8.05. The molecule has 0 radical (unpaired) electrons. The molecule has 0 N–H and O–H groups in total. The quantitative estimate of drug-likeness (QED) is 0.825. The van der Waals surface area contributed by atoms with E-state index in [4.69, 9.17) is 5.10 Å². The van der Waals surface area contributed by atoms with Crippen LogP contribution in [0.4, 0.5) is 13.2 Å². The summed E-state index contributed by atoms with van der Waals surface area (Å²) in [5, 5.41) is 4.72. The molecular weight excluding hydrogens is 303 g/mol. The molecule has 1 aliphatic heterocycles. The summed E-state index contributed by atoms with van der Waals surface area (Å²) >= 11 is 0. The van der Waals surface area contributed by atoms with Crippen molar-refractivity contribution in [3.63, 3.8) is 0 Å². The molecule has 1 atom stereocenters. The van der Waals surface area contributed by atoms with E-state index in [0.717, 1.165) is 17.8 Å². The highest BCUT2D eigenvalue weighted by Gasteiger charge is 2.35. The van der Waals surface area contributed by atoms with E-state index in [1.807, 2.05) is 4.68 Å². The van der Waals surface area contributed by atoms with Crippen LogP contribution < -0.4 is 0 Å². The van der Waals surface area contributed by atoms with E-state index in [-0.39, 0.29) is 11.3 Å². The Morgan fingerprint density at radius 2 is 1.91 bits per heavy atom. The van der Waals surface area contributed by atoms with Gasteiger partial charge < -0.3 is 0 Å². The Kier molecular flexibility index (Phi) is 5.14. The minimum absolute atomic E-state index is 0.0234. The summed E-state index contributed by atoms with van der Waals surface area (Å²) in [5.41, 5.74) is 2.19. The zero-order chi connectivity index (χ0) is 17.4. The fraction of sp³-hybridized carbons (Fsp3) is 0.824. The summed E-state index contributed by atoms with van der Waals surface area (Å²) in [6.07, 6.45) is -3.31. The molecule has 6 heteroatoms. The highest BCUT2D eigenvalue weighted by atomic mass is 19.4. The van der Waals surface area contributed by atoms with Gasteiger partial charge in [-0.25, -0.2) is 0 Å². The molecule has 1 fully saturated rings. The van der Waals surface area contributed by atoms with Crippen LogP contribution in [0.3, 0.4) is 0 Å². The van der Waals surface area contributed by atoms with Gasteiger partial charge in [0.05, 0.1) is 12.2 Å². The Morgan fingerprint density at radius 1 is 1.26 bits per heavy atom. The third-order valence-corrected chi connectivity index (χ3v) is 4.36. The lowest BCUT2D eigenvalue weighted by atomic mass is 9.91. The van der Waals surface area contributed by atoms with Crippen LogP contribution in [-0.2, 0) is 12.0 Å². The second kappa shape index (κ2) is 6.46. The number of hydrogen-bond acceptors (Lipinski definition) is 2. The maximum atomic E-state index is 12.5. The van der Waals surface area contributed by atoms with Gasteiger partial charge in [-0.05, 0) is 30.9 Å². The van der Waals surface area contributed by atoms with Crippen molar-refractivity contribution < 1.29 is 13.2 Å². The average molecular weight is 331 g/mol. The number of hydrogen-bond donors (Lipinski definition) is 0. The Morgan fingerprint density at radius 3 is 2.43 bits per heavy atom. The van der Waals surface area contributed by atoms with Crippen LogP contribution in [-0.4, -0.2) is 40.5 Å². The van der Waals surface area contributed by atoms with E-state index in [9.17, 15) is 13.2 Å². The van der Waals surface area contributed by atoms with Gasteiger partial charge in [0.15, 0.2) is 0 Å². The summed E-state index contributed by atoms with van der Waals surface area (Å²) in [7, 11) is 0. The third-order valence-electron chi connectivity index (χ3n) is 4.36. The fourth-order valence-electron chi connectivity index (χ4n) is 3.17. The lowest BCUT2D eigenvalue weighted by molar-refractivity contribution is -0.143. The molecule has 2 heterocycles. The van der Waals surface area contributed by atoms with Gasteiger partial charge in [-0.3, -0.25) is 9.58 Å². The lowest BCUT2D eigenvalue weighted by Gasteiger charge is -2.22. The first-order valence-electron chi connectivity index (χ1n) is 8.33. The van der Waals surface area contributed by atoms with Gasteiger partial charge in [-0.1, -0.05) is 34.6 Å². The minimum atomic E-state index is -4.11. The van der Waals surface area contributed by atoms with Crippen molar-refractivity contribution in [1.82, 2.24) is 14.7 Å². The molecular formula is C17H28F3N3. The molecule has 0 saturated carbocycles. The van der Waals surface area contributed by atoms with Gasteiger partial charge in [0, 0.05) is 24.2 Å². The van der Waals surface area contributed by atoms with Gasteiger partial charge >= 0.3 is 6.18 Å². The number of rotatable bonds is 4. The van der Waals surface area contributed by atoms with Crippen molar-refractivity contribution in [2.45, 2.75) is 65.1 Å². The third kappa shape index (κ3) is 4.96. The van der Waals surface area contributed by atoms with Crippen molar-refractivity contribution in [3.8, 4) is 0 Å². The van der Waals surface area contributed by atoms with E-state index >= 15 is 0 Å². The number of aromatic nitrogens is 2. The first kappa shape index (κ1) is 18.3. The fourth-order valence-corrected chi connectivity index (χ4v) is 3.17. The molecule has 2 rings (SSSR count). The number of halogens is 3. The summed E-state index contributed by atoms with van der Waals surface area (Å²) < 4.78 is 39.6. The van der Waals surface area contributed by atoms with Gasteiger partial charge in [-0.2, -0.15) is 18.3 Å². The zero-order valence-corrected chi connectivity index (χ0v) is 14.7. The number of alkyl halides is 3. The predicted molar refractivity (Wildman–Crippen MR) is 85.6 cm³/mol. The van der Waals surface area contributed by atoms with Gasteiger partial charge in [0.1, 0.15) is 0 Å². The maximum Gasteiger partial charge on any atom is 0.401 e. The topological polar surface area (TPSA) is 21.1 Å². The Hall–Kier alpha value is -1.04. The number of nitrogens with zero attached hydrogens (tertiary/aromatic N) is 3. The maximum absolute atomic E-state index is 12.5. The molecule has 0 spiro atoms. The lowest BCUT2D eigenvalue weighted by Crippen LogP contribution is -2.33. The van der Waals surface area contributed by atoms with Crippen LogP contribution in [0.2, 0.25) is 0 Å². The first-order chi connectivity index (χ1) is 10.5. The van der Waals surface area contributed by atoms with E-state index in [1.54, 1.807) is 0 Å². The molecule has 1 aromatic rings. The van der Waals surface area contributed by atoms with E-state index in [2.05, 4.69) is 40.7 Å². The zero-order valence-electron chi connectivity index (χ0n) is 14.7. The van der Waals surface area contributed by atoms with Crippen LogP contribution >= 0.6 is 0 Å². The van der Waals surface area contributed by atoms with Crippen LogP contribution in [0.1, 0.15) is 58.3 Å². The molecule has 1 unspecified atom stereocenters. The van der Waals surface area contributed by atoms with Crippen molar-refractivity contribution in [2.75, 3.05) is 19.6 Å². The van der Waals surface area contributed by atoms with E-state index < -0.39 is 12.7 Å². The summed E-state index contributed by atoms with van der Waals surface area (Å²) in [5.74, 6) is 0.584.